The Bertz CT molecular complexity index is 1670. The summed E-state index contributed by atoms with van der Waals surface area (Å²) in [5.41, 5.74) is 2.10. The minimum Gasteiger partial charge on any atom is -0.494 e. The number of nitrogens with one attached hydrogen (secondary N) is 2. The van der Waals surface area contributed by atoms with Crippen LogP contribution in [-0.2, 0) is 4.79 Å². The van der Waals surface area contributed by atoms with E-state index in [1.807, 2.05) is 13.0 Å². The molecule has 0 aromatic heterocycles. The summed E-state index contributed by atoms with van der Waals surface area (Å²) < 4.78 is 5.45. The molecule has 0 fully saturated rings. The van der Waals surface area contributed by atoms with Crippen LogP contribution in [0.1, 0.15) is 45.5 Å². The number of Topliss-reactive ketones (excluding diaryl/α,β-unsaturated/α-hetero) is 1. The highest BCUT2D eigenvalue weighted by molar-refractivity contribution is 8.03. The number of amides is 2. The molecule has 4 rings (SSSR count). The number of carbonyl (C=O) groups is 3. The van der Waals surface area contributed by atoms with Crippen molar-refractivity contribution < 1.29 is 19.1 Å². The van der Waals surface area contributed by atoms with Crippen LogP contribution < -0.4 is 15.4 Å². The summed E-state index contributed by atoms with van der Waals surface area (Å²) in [5.74, 6) is -1.24. The maximum atomic E-state index is 13.4. The predicted octanol–water partition coefficient (Wildman–Crippen LogP) is 7.63. The number of nitrogens with zero attached hydrogens (tertiary/aromatic N) is 1. The van der Waals surface area contributed by atoms with Crippen LogP contribution in [0.2, 0.25) is 5.02 Å². The van der Waals surface area contributed by atoms with Gasteiger partial charge in [0, 0.05) is 34.2 Å². The normalized spacial score (nSPS) is 11.8. The molecule has 4 aromatic carbocycles. The Hall–Kier alpha value is -4.84. The maximum Gasteiger partial charge on any atom is 0.256 e. The summed E-state index contributed by atoms with van der Waals surface area (Å²) in [6, 6.07) is 33.5. The van der Waals surface area contributed by atoms with Crippen LogP contribution in [-0.4, -0.2) is 30.0 Å². The van der Waals surface area contributed by atoms with E-state index in [-0.39, 0.29) is 34.5 Å². The molecule has 1 unspecified atom stereocenters. The molecule has 0 bridgehead atoms. The highest BCUT2D eigenvalue weighted by Crippen LogP contribution is 2.37. The molecule has 1 atom stereocenters. The van der Waals surface area contributed by atoms with Gasteiger partial charge in [-0.1, -0.05) is 90.1 Å². The van der Waals surface area contributed by atoms with Crippen LogP contribution in [0.15, 0.2) is 120 Å². The minimum absolute atomic E-state index is 0.0831. The number of hydrogen-bond acceptors (Lipinski definition) is 6. The molecule has 7 nitrogen and oxygen atoms in total. The first-order valence-electron chi connectivity index (χ1n) is 13.9. The number of rotatable bonds is 13. The van der Waals surface area contributed by atoms with Crippen molar-refractivity contribution >= 4 is 46.6 Å². The van der Waals surface area contributed by atoms with E-state index in [9.17, 15) is 19.6 Å². The van der Waals surface area contributed by atoms with Crippen molar-refractivity contribution in [2.75, 3.05) is 17.7 Å². The highest BCUT2D eigenvalue weighted by Gasteiger charge is 2.28. The summed E-state index contributed by atoms with van der Waals surface area (Å²) in [6.07, 6.45) is -0.0831. The summed E-state index contributed by atoms with van der Waals surface area (Å²) >= 11 is 7.60. The predicted molar refractivity (Wildman–Crippen MR) is 175 cm³/mol. The fourth-order valence-electron chi connectivity index (χ4n) is 4.42. The molecule has 0 radical (unpaired) electrons. The van der Waals surface area contributed by atoms with E-state index in [2.05, 4.69) is 16.7 Å². The van der Waals surface area contributed by atoms with Gasteiger partial charge in [0.2, 0.25) is 5.91 Å². The minimum atomic E-state index is -0.797. The third-order valence-electron chi connectivity index (χ3n) is 6.54. The number of hydrogen-bond donors (Lipinski definition) is 2. The Morgan fingerprint density at radius 3 is 2.09 bits per heavy atom. The summed E-state index contributed by atoms with van der Waals surface area (Å²) in [5, 5.41) is 16.7. The molecule has 0 saturated heterocycles. The molecule has 0 heterocycles. The number of ketones is 1. The molecular weight excluding hydrogens is 594 g/mol. The average molecular weight is 624 g/mol. The first kappa shape index (κ1) is 32.1. The van der Waals surface area contributed by atoms with Gasteiger partial charge in [-0.3, -0.25) is 14.4 Å². The zero-order valence-electron chi connectivity index (χ0n) is 24.0. The Morgan fingerprint density at radius 2 is 1.48 bits per heavy atom. The van der Waals surface area contributed by atoms with Crippen molar-refractivity contribution in [1.29, 1.82) is 5.26 Å². The number of halogens is 1. The molecule has 0 aliphatic carbocycles. The van der Waals surface area contributed by atoms with E-state index in [0.29, 0.717) is 39.8 Å². The van der Waals surface area contributed by atoms with Crippen LogP contribution >= 0.6 is 23.4 Å². The van der Waals surface area contributed by atoms with Gasteiger partial charge in [0.05, 0.1) is 29.0 Å². The van der Waals surface area contributed by atoms with Crippen LogP contribution in [0.4, 0.5) is 5.69 Å². The standard InChI is InChI=1S/C35H30ClN3O4S/c1-2-43-27-19-17-26(18-20-27)38-33(41)23-44-35(39-34(42)25-13-7-4-8-14-25)30(22-37)29(28-15-9-10-16-31(28)36)21-32(40)24-11-5-3-6-12-24/h3-20,29H,2,21,23H2,1H3,(H,38,41)(H,39,42)/b35-30+. The molecule has 0 aliphatic rings. The summed E-state index contributed by atoms with van der Waals surface area (Å²) in [6.45, 7) is 2.41. The van der Waals surface area contributed by atoms with Gasteiger partial charge in [0.25, 0.3) is 5.91 Å². The van der Waals surface area contributed by atoms with Crippen molar-refractivity contribution in [2.24, 2.45) is 0 Å². The molecule has 9 heteroatoms. The largest absolute Gasteiger partial charge is 0.494 e. The molecule has 0 spiro atoms. The lowest BCUT2D eigenvalue weighted by Gasteiger charge is -2.21. The first-order chi connectivity index (χ1) is 21.4. The smallest absolute Gasteiger partial charge is 0.256 e. The molecule has 2 amide bonds. The Morgan fingerprint density at radius 1 is 0.864 bits per heavy atom. The van der Waals surface area contributed by atoms with Crippen molar-refractivity contribution in [3.05, 3.63) is 142 Å². The Labute approximate surface area is 265 Å². The third-order valence-corrected chi connectivity index (χ3v) is 7.90. The lowest BCUT2D eigenvalue weighted by Crippen LogP contribution is -2.25. The van der Waals surface area contributed by atoms with E-state index in [1.54, 1.807) is 103 Å². The van der Waals surface area contributed by atoms with Gasteiger partial charge in [0.1, 0.15) is 5.75 Å². The van der Waals surface area contributed by atoms with Gasteiger partial charge in [-0.25, -0.2) is 0 Å². The van der Waals surface area contributed by atoms with Gasteiger partial charge in [0.15, 0.2) is 5.78 Å². The van der Waals surface area contributed by atoms with E-state index < -0.39 is 11.8 Å². The number of benzene rings is 4. The molecule has 44 heavy (non-hydrogen) atoms. The molecule has 222 valence electrons. The second kappa shape index (κ2) is 16.1. The van der Waals surface area contributed by atoms with Crippen LogP contribution in [0.3, 0.4) is 0 Å². The lowest BCUT2D eigenvalue weighted by molar-refractivity contribution is -0.113. The monoisotopic (exact) mass is 623 g/mol. The van der Waals surface area contributed by atoms with Crippen LogP contribution in [0.5, 0.6) is 5.75 Å². The molecule has 0 aliphatic heterocycles. The zero-order chi connectivity index (χ0) is 31.3. The third kappa shape index (κ3) is 8.83. The van der Waals surface area contributed by atoms with Crippen LogP contribution in [0.25, 0.3) is 0 Å². The fraction of sp³-hybridized carbons (Fsp3) is 0.143. The number of anilines is 1. The number of nitriles is 1. The van der Waals surface area contributed by atoms with Crippen molar-refractivity contribution in [1.82, 2.24) is 5.32 Å². The summed E-state index contributed by atoms with van der Waals surface area (Å²) in [4.78, 5) is 39.7. The number of thioether (sulfide) groups is 1. The first-order valence-corrected chi connectivity index (χ1v) is 15.2. The number of allylic oxidation sites excluding steroid dienone is 1. The summed E-state index contributed by atoms with van der Waals surface area (Å²) in [7, 11) is 0. The van der Waals surface area contributed by atoms with E-state index in [1.165, 1.54) is 0 Å². The zero-order valence-corrected chi connectivity index (χ0v) is 25.5. The van der Waals surface area contributed by atoms with Crippen molar-refractivity contribution in [3.63, 3.8) is 0 Å². The van der Waals surface area contributed by atoms with E-state index in [0.717, 1.165) is 11.8 Å². The number of ether oxygens (including phenoxy) is 1. The Balaban J connectivity index is 1.68. The maximum absolute atomic E-state index is 13.4. The Kier molecular flexibility index (Phi) is 11.8. The van der Waals surface area contributed by atoms with Crippen molar-refractivity contribution in [2.45, 2.75) is 19.3 Å². The number of carbonyl (C=O) groups excluding carboxylic acids is 3. The molecule has 4 aromatic rings. The fourth-order valence-corrected chi connectivity index (χ4v) is 5.54. The van der Waals surface area contributed by atoms with Gasteiger partial charge in [-0.15, -0.1) is 0 Å². The molecular formula is C35H30ClN3O4S. The van der Waals surface area contributed by atoms with Crippen LogP contribution in [0, 0.1) is 11.3 Å². The van der Waals surface area contributed by atoms with Gasteiger partial charge in [-0.05, 0) is 55.0 Å². The average Bonchev–Trinajstić information content (AvgIpc) is 3.05. The lowest BCUT2D eigenvalue weighted by atomic mass is 9.86. The van der Waals surface area contributed by atoms with E-state index >= 15 is 0 Å². The van der Waals surface area contributed by atoms with E-state index in [4.69, 9.17) is 16.3 Å². The van der Waals surface area contributed by atoms with Crippen molar-refractivity contribution in [3.8, 4) is 11.8 Å². The topological polar surface area (TPSA) is 108 Å². The quantitative estimate of drug-likeness (QED) is 0.117. The highest BCUT2D eigenvalue weighted by atomic mass is 35.5. The van der Waals surface area contributed by atoms with Gasteiger partial charge >= 0.3 is 0 Å². The van der Waals surface area contributed by atoms with Gasteiger partial charge < -0.3 is 15.4 Å². The molecule has 2 N–H and O–H groups in total. The second-order valence-electron chi connectivity index (χ2n) is 9.54. The second-order valence-corrected chi connectivity index (χ2v) is 10.9. The SMILES string of the molecule is CCOc1ccc(NC(=O)CS/C(NC(=O)c2ccccc2)=C(\C#N)C(CC(=O)c2ccccc2)c2ccccc2Cl)cc1. The molecule has 0 saturated carbocycles. The van der Waals surface area contributed by atoms with Gasteiger partial charge in [-0.2, -0.15) is 5.26 Å².